The molecule has 1 aromatic heterocycles. The Morgan fingerprint density at radius 2 is 1.88 bits per heavy atom. The first kappa shape index (κ1) is 12.0. The van der Waals surface area contributed by atoms with Crippen LogP contribution in [0.25, 0.3) is 11.3 Å². The Hall–Kier alpha value is -1.48. The van der Waals surface area contributed by atoms with Crippen molar-refractivity contribution < 1.29 is 4.39 Å². The van der Waals surface area contributed by atoms with E-state index >= 15 is 0 Å². The highest BCUT2D eigenvalue weighted by molar-refractivity contribution is 6.30. The Balaban J connectivity index is 2.36. The molecule has 0 N–H and O–H groups in total. The summed E-state index contributed by atoms with van der Waals surface area (Å²) in [6, 6.07) is 8.35. The molecule has 2 nitrogen and oxygen atoms in total. The molecule has 4 heteroatoms. The molecule has 2 rings (SSSR count). The molecule has 0 bridgehead atoms. The number of rotatable bonds is 2. The van der Waals surface area contributed by atoms with Crippen LogP contribution in [0.2, 0.25) is 5.02 Å². The highest BCUT2D eigenvalue weighted by atomic mass is 35.5. The molecule has 17 heavy (non-hydrogen) atoms. The third-order valence-corrected chi connectivity index (χ3v) is 2.80. The van der Waals surface area contributed by atoms with Gasteiger partial charge in [-0.25, -0.2) is 4.39 Å². The van der Waals surface area contributed by atoms with E-state index in [1.54, 1.807) is 6.07 Å². The van der Waals surface area contributed by atoms with E-state index < -0.39 is 5.82 Å². The Labute approximate surface area is 104 Å². The van der Waals surface area contributed by atoms with Crippen LogP contribution in [0.1, 0.15) is 25.5 Å². The Bertz CT molecular complexity index is 523. The topological polar surface area (TPSA) is 25.8 Å². The summed E-state index contributed by atoms with van der Waals surface area (Å²) in [7, 11) is 0. The van der Waals surface area contributed by atoms with E-state index in [1.807, 2.05) is 26.0 Å². The molecule has 2 aromatic rings. The largest absolute Gasteiger partial charge is 0.205 e. The van der Waals surface area contributed by atoms with Gasteiger partial charge >= 0.3 is 0 Å². The fourth-order valence-electron chi connectivity index (χ4n) is 1.46. The van der Waals surface area contributed by atoms with Crippen LogP contribution in [-0.4, -0.2) is 10.2 Å². The first-order valence-electron chi connectivity index (χ1n) is 5.37. The molecule has 0 atom stereocenters. The number of benzene rings is 1. The molecule has 88 valence electrons. The van der Waals surface area contributed by atoms with Crippen molar-refractivity contribution >= 4 is 11.6 Å². The lowest BCUT2D eigenvalue weighted by atomic mass is 10.1. The van der Waals surface area contributed by atoms with Crippen LogP contribution >= 0.6 is 11.6 Å². The summed E-state index contributed by atoms with van der Waals surface area (Å²) >= 11 is 5.62. The molecule has 0 fully saturated rings. The maximum atomic E-state index is 13.3. The SMILES string of the molecule is CC(C)c1ccc(-c2ccc(Cl)c(F)c2)nn1. The quantitative estimate of drug-likeness (QED) is 0.803. The summed E-state index contributed by atoms with van der Waals surface area (Å²) < 4.78 is 13.3. The van der Waals surface area contributed by atoms with Crippen LogP contribution in [-0.2, 0) is 0 Å². The van der Waals surface area contributed by atoms with Gasteiger partial charge in [-0.2, -0.15) is 10.2 Å². The minimum atomic E-state index is -0.445. The minimum absolute atomic E-state index is 0.112. The van der Waals surface area contributed by atoms with Crippen LogP contribution in [0.5, 0.6) is 0 Å². The van der Waals surface area contributed by atoms with Crippen LogP contribution < -0.4 is 0 Å². The predicted octanol–water partition coefficient (Wildman–Crippen LogP) is 4.06. The van der Waals surface area contributed by atoms with Crippen LogP contribution in [0.3, 0.4) is 0 Å². The average molecular weight is 251 g/mol. The van der Waals surface area contributed by atoms with E-state index in [-0.39, 0.29) is 5.02 Å². The van der Waals surface area contributed by atoms with E-state index in [0.29, 0.717) is 17.2 Å². The standard InChI is InChI=1S/C13H12ClFN2/c1-8(2)12-5-6-13(17-16-12)9-3-4-10(14)11(15)7-9/h3-8H,1-2H3. The summed E-state index contributed by atoms with van der Waals surface area (Å²) in [6.45, 7) is 4.09. The molecule has 0 unspecified atom stereocenters. The maximum Gasteiger partial charge on any atom is 0.142 e. The number of hydrogen-bond donors (Lipinski definition) is 0. The van der Waals surface area contributed by atoms with Gasteiger partial charge in [0.05, 0.1) is 16.4 Å². The van der Waals surface area contributed by atoms with Gasteiger partial charge in [-0.15, -0.1) is 0 Å². The molecule has 0 saturated carbocycles. The minimum Gasteiger partial charge on any atom is -0.205 e. The molecule has 1 aromatic carbocycles. The molecule has 0 saturated heterocycles. The van der Waals surface area contributed by atoms with E-state index in [0.717, 1.165) is 5.69 Å². The number of hydrogen-bond acceptors (Lipinski definition) is 2. The van der Waals surface area contributed by atoms with Crippen molar-refractivity contribution in [1.29, 1.82) is 0 Å². The van der Waals surface area contributed by atoms with Gasteiger partial charge in [0.15, 0.2) is 0 Å². The monoisotopic (exact) mass is 250 g/mol. The lowest BCUT2D eigenvalue weighted by molar-refractivity contribution is 0.628. The normalized spacial score (nSPS) is 10.9. The highest BCUT2D eigenvalue weighted by Gasteiger charge is 2.06. The average Bonchev–Trinajstić information content (AvgIpc) is 2.33. The molecule has 0 aliphatic rings. The first-order valence-corrected chi connectivity index (χ1v) is 5.75. The molecule has 0 amide bonds. The Morgan fingerprint density at radius 1 is 1.12 bits per heavy atom. The van der Waals surface area contributed by atoms with Crippen molar-refractivity contribution in [3.8, 4) is 11.3 Å². The third kappa shape index (κ3) is 2.61. The fraction of sp³-hybridized carbons (Fsp3) is 0.231. The smallest absolute Gasteiger partial charge is 0.142 e. The van der Waals surface area contributed by atoms with E-state index in [2.05, 4.69) is 10.2 Å². The molecule has 0 spiro atoms. The van der Waals surface area contributed by atoms with Gasteiger partial charge in [0.25, 0.3) is 0 Å². The van der Waals surface area contributed by atoms with E-state index in [1.165, 1.54) is 12.1 Å². The van der Waals surface area contributed by atoms with Gasteiger partial charge in [-0.05, 0) is 30.2 Å². The second-order valence-electron chi connectivity index (χ2n) is 4.13. The van der Waals surface area contributed by atoms with Gasteiger partial charge < -0.3 is 0 Å². The summed E-state index contributed by atoms with van der Waals surface area (Å²) in [5.74, 6) is -0.114. The Kier molecular flexibility index (Phi) is 3.38. The molecule has 0 aliphatic heterocycles. The summed E-state index contributed by atoms with van der Waals surface area (Å²) in [4.78, 5) is 0. The highest BCUT2D eigenvalue weighted by Crippen LogP contribution is 2.23. The molecule has 0 aliphatic carbocycles. The fourth-order valence-corrected chi connectivity index (χ4v) is 1.58. The summed E-state index contributed by atoms with van der Waals surface area (Å²) in [5.41, 5.74) is 2.24. The van der Waals surface area contributed by atoms with Gasteiger partial charge in [0, 0.05) is 5.56 Å². The van der Waals surface area contributed by atoms with Gasteiger partial charge in [-0.1, -0.05) is 31.5 Å². The second-order valence-corrected chi connectivity index (χ2v) is 4.53. The predicted molar refractivity (Wildman–Crippen MR) is 66.5 cm³/mol. The van der Waals surface area contributed by atoms with Crippen molar-refractivity contribution in [3.63, 3.8) is 0 Å². The number of halogens is 2. The van der Waals surface area contributed by atoms with Crippen molar-refractivity contribution in [3.05, 3.63) is 46.9 Å². The zero-order chi connectivity index (χ0) is 12.4. The lowest BCUT2D eigenvalue weighted by Gasteiger charge is -2.05. The van der Waals surface area contributed by atoms with Gasteiger partial charge in [0.1, 0.15) is 5.82 Å². The van der Waals surface area contributed by atoms with E-state index in [9.17, 15) is 4.39 Å². The van der Waals surface area contributed by atoms with Crippen LogP contribution in [0.4, 0.5) is 4.39 Å². The summed E-state index contributed by atoms with van der Waals surface area (Å²) in [5, 5.41) is 8.29. The van der Waals surface area contributed by atoms with Crippen molar-refractivity contribution in [1.82, 2.24) is 10.2 Å². The Morgan fingerprint density at radius 3 is 2.41 bits per heavy atom. The molecular formula is C13H12ClFN2. The second kappa shape index (κ2) is 4.80. The zero-order valence-electron chi connectivity index (χ0n) is 9.61. The van der Waals surface area contributed by atoms with Crippen LogP contribution in [0.15, 0.2) is 30.3 Å². The van der Waals surface area contributed by atoms with Gasteiger partial charge in [0.2, 0.25) is 0 Å². The third-order valence-electron chi connectivity index (χ3n) is 2.49. The summed E-state index contributed by atoms with van der Waals surface area (Å²) in [6.07, 6.45) is 0. The molecular weight excluding hydrogens is 239 g/mol. The number of aromatic nitrogens is 2. The van der Waals surface area contributed by atoms with Crippen molar-refractivity contribution in [2.24, 2.45) is 0 Å². The van der Waals surface area contributed by atoms with Crippen molar-refractivity contribution in [2.75, 3.05) is 0 Å². The van der Waals surface area contributed by atoms with Gasteiger partial charge in [-0.3, -0.25) is 0 Å². The molecule has 1 heterocycles. The first-order chi connectivity index (χ1) is 8.08. The molecule has 0 radical (unpaired) electrons. The van der Waals surface area contributed by atoms with E-state index in [4.69, 9.17) is 11.6 Å². The maximum absolute atomic E-state index is 13.3. The zero-order valence-corrected chi connectivity index (χ0v) is 10.4. The van der Waals surface area contributed by atoms with Crippen molar-refractivity contribution in [2.45, 2.75) is 19.8 Å². The van der Waals surface area contributed by atoms with Crippen LogP contribution in [0, 0.1) is 5.82 Å². The number of nitrogens with zero attached hydrogens (tertiary/aromatic N) is 2. The lowest BCUT2D eigenvalue weighted by Crippen LogP contribution is -1.96.